The number of ether oxygens (including phenoxy) is 1. The second-order valence-electron chi connectivity index (χ2n) is 5.98. The molecular formula is C20H20N2O4. The summed E-state index contributed by atoms with van der Waals surface area (Å²) in [6.45, 7) is 2.73. The lowest BCUT2D eigenvalue weighted by Crippen LogP contribution is -2.32. The average molecular weight is 352 g/mol. The molecule has 1 aliphatic heterocycles. The van der Waals surface area contributed by atoms with Crippen molar-refractivity contribution in [2.45, 2.75) is 19.8 Å². The smallest absolute Gasteiger partial charge is 0.261 e. The predicted molar refractivity (Wildman–Crippen MR) is 97.3 cm³/mol. The zero-order chi connectivity index (χ0) is 18.5. The van der Waals surface area contributed by atoms with E-state index in [2.05, 4.69) is 5.32 Å². The zero-order valence-electron chi connectivity index (χ0n) is 14.5. The minimum Gasteiger partial charge on any atom is -0.494 e. The maximum Gasteiger partial charge on any atom is 0.261 e. The quantitative estimate of drug-likeness (QED) is 0.777. The standard InChI is InChI=1S/C20H20N2O4/c1-2-13-26-15-9-7-14(8-10-15)21-18(23)11-12-22-19(24)16-5-3-4-6-17(16)20(22)25/h3-10H,2,11-13H2,1H3,(H,21,23). The Morgan fingerprint density at radius 1 is 1.00 bits per heavy atom. The highest BCUT2D eigenvalue weighted by atomic mass is 16.5. The van der Waals surface area contributed by atoms with E-state index in [-0.39, 0.29) is 30.7 Å². The van der Waals surface area contributed by atoms with Gasteiger partial charge < -0.3 is 10.1 Å². The van der Waals surface area contributed by atoms with Crippen LogP contribution in [0.5, 0.6) is 5.75 Å². The monoisotopic (exact) mass is 352 g/mol. The van der Waals surface area contributed by atoms with Crippen LogP contribution in [0.4, 0.5) is 5.69 Å². The first kappa shape index (κ1) is 17.7. The molecule has 0 aromatic heterocycles. The molecule has 6 heteroatoms. The number of carbonyl (C=O) groups is 3. The number of amides is 3. The molecular weight excluding hydrogens is 332 g/mol. The fourth-order valence-electron chi connectivity index (χ4n) is 2.73. The molecule has 1 heterocycles. The van der Waals surface area contributed by atoms with Gasteiger partial charge in [-0.2, -0.15) is 0 Å². The van der Waals surface area contributed by atoms with Crippen LogP contribution in [0.25, 0.3) is 0 Å². The van der Waals surface area contributed by atoms with Crippen LogP contribution in [-0.4, -0.2) is 35.8 Å². The molecule has 134 valence electrons. The van der Waals surface area contributed by atoms with Crippen molar-refractivity contribution >= 4 is 23.4 Å². The van der Waals surface area contributed by atoms with Gasteiger partial charge in [-0.1, -0.05) is 19.1 Å². The summed E-state index contributed by atoms with van der Waals surface area (Å²) in [5.74, 6) is -0.216. The molecule has 2 aromatic rings. The maximum absolute atomic E-state index is 12.3. The first-order valence-electron chi connectivity index (χ1n) is 8.58. The summed E-state index contributed by atoms with van der Waals surface area (Å²) in [6, 6.07) is 13.8. The van der Waals surface area contributed by atoms with Crippen molar-refractivity contribution in [1.82, 2.24) is 4.90 Å². The lowest BCUT2D eigenvalue weighted by molar-refractivity contribution is -0.116. The first-order chi connectivity index (χ1) is 12.6. The SMILES string of the molecule is CCCOc1ccc(NC(=O)CCN2C(=O)c3ccccc3C2=O)cc1. The Bertz CT molecular complexity index is 795. The predicted octanol–water partition coefficient (Wildman–Crippen LogP) is 3.10. The van der Waals surface area contributed by atoms with E-state index >= 15 is 0 Å². The zero-order valence-corrected chi connectivity index (χ0v) is 14.5. The van der Waals surface area contributed by atoms with Crippen molar-refractivity contribution in [3.05, 3.63) is 59.7 Å². The second kappa shape index (κ2) is 7.82. The van der Waals surface area contributed by atoms with Crippen LogP contribution in [0.2, 0.25) is 0 Å². The number of nitrogens with one attached hydrogen (secondary N) is 1. The average Bonchev–Trinajstić information content (AvgIpc) is 2.90. The molecule has 26 heavy (non-hydrogen) atoms. The van der Waals surface area contributed by atoms with E-state index in [0.29, 0.717) is 23.4 Å². The topological polar surface area (TPSA) is 75.7 Å². The summed E-state index contributed by atoms with van der Waals surface area (Å²) in [4.78, 5) is 37.8. The number of anilines is 1. The van der Waals surface area contributed by atoms with Gasteiger partial charge in [-0.15, -0.1) is 0 Å². The highest BCUT2D eigenvalue weighted by Crippen LogP contribution is 2.22. The summed E-state index contributed by atoms with van der Waals surface area (Å²) < 4.78 is 5.49. The normalized spacial score (nSPS) is 12.9. The van der Waals surface area contributed by atoms with Crippen molar-refractivity contribution < 1.29 is 19.1 Å². The largest absolute Gasteiger partial charge is 0.494 e. The highest BCUT2D eigenvalue weighted by molar-refractivity contribution is 6.21. The van der Waals surface area contributed by atoms with Gasteiger partial charge in [0.05, 0.1) is 17.7 Å². The molecule has 0 radical (unpaired) electrons. The van der Waals surface area contributed by atoms with Gasteiger partial charge >= 0.3 is 0 Å². The van der Waals surface area contributed by atoms with Crippen LogP contribution in [0, 0.1) is 0 Å². The molecule has 0 saturated carbocycles. The van der Waals surface area contributed by atoms with Crippen LogP contribution in [-0.2, 0) is 4.79 Å². The Labute approximate surface area is 151 Å². The summed E-state index contributed by atoms with van der Waals surface area (Å²) in [5.41, 5.74) is 1.42. The molecule has 0 unspecified atom stereocenters. The van der Waals surface area contributed by atoms with E-state index in [1.807, 2.05) is 6.92 Å². The molecule has 3 rings (SSSR count). The number of hydrogen-bond acceptors (Lipinski definition) is 4. The van der Waals surface area contributed by atoms with Crippen molar-refractivity contribution in [3.63, 3.8) is 0 Å². The van der Waals surface area contributed by atoms with E-state index in [0.717, 1.165) is 17.1 Å². The number of imide groups is 1. The number of hydrogen-bond donors (Lipinski definition) is 1. The van der Waals surface area contributed by atoms with Crippen LogP contribution in [0.15, 0.2) is 48.5 Å². The van der Waals surface area contributed by atoms with E-state index in [4.69, 9.17) is 4.74 Å². The lowest BCUT2D eigenvalue weighted by atomic mass is 10.1. The Balaban J connectivity index is 1.53. The van der Waals surface area contributed by atoms with Crippen LogP contribution in [0.3, 0.4) is 0 Å². The number of nitrogens with zero attached hydrogens (tertiary/aromatic N) is 1. The number of carbonyl (C=O) groups excluding carboxylic acids is 3. The highest BCUT2D eigenvalue weighted by Gasteiger charge is 2.34. The van der Waals surface area contributed by atoms with Crippen molar-refractivity contribution in [3.8, 4) is 5.75 Å². The molecule has 2 aromatic carbocycles. The minimum atomic E-state index is -0.351. The molecule has 0 bridgehead atoms. The molecule has 0 saturated heterocycles. The molecule has 0 spiro atoms. The van der Waals surface area contributed by atoms with Gasteiger partial charge in [-0.25, -0.2) is 0 Å². The Morgan fingerprint density at radius 3 is 2.19 bits per heavy atom. The van der Waals surface area contributed by atoms with Gasteiger partial charge in [0.1, 0.15) is 5.75 Å². The lowest BCUT2D eigenvalue weighted by Gasteiger charge is -2.13. The number of fused-ring (bicyclic) bond motifs is 1. The Hall–Kier alpha value is -3.15. The van der Waals surface area contributed by atoms with Gasteiger partial charge in [0, 0.05) is 18.7 Å². The van der Waals surface area contributed by atoms with Crippen LogP contribution >= 0.6 is 0 Å². The van der Waals surface area contributed by atoms with E-state index in [1.54, 1.807) is 48.5 Å². The third-order valence-electron chi connectivity index (χ3n) is 4.05. The first-order valence-corrected chi connectivity index (χ1v) is 8.58. The fourth-order valence-corrected chi connectivity index (χ4v) is 2.73. The van der Waals surface area contributed by atoms with E-state index < -0.39 is 0 Å². The van der Waals surface area contributed by atoms with Gasteiger partial charge in [0.2, 0.25) is 5.91 Å². The molecule has 3 amide bonds. The second-order valence-corrected chi connectivity index (χ2v) is 5.98. The fraction of sp³-hybridized carbons (Fsp3) is 0.250. The Morgan fingerprint density at radius 2 is 1.62 bits per heavy atom. The number of rotatable bonds is 7. The molecule has 0 fully saturated rings. The van der Waals surface area contributed by atoms with Gasteiger partial charge in [-0.3, -0.25) is 19.3 Å². The van der Waals surface area contributed by atoms with E-state index in [9.17, 15) is 14.4 Å². The minimum absolute atomic E-state index is 0.0412. The third kappa shape index (κ3) is 3.74. The Kier molecular flexibility index (Phi) is 5.31. The number of benzene rings is 2. The molecule has 0 atom stereocenters. The van der Waals surface area contributed by atoms with Crippen molar-refractivity contribution in [2.24, 2.45) is 0 Å². The van der Waals surface area contributed by atoms with Crippen LogP contribution < -0.4 is 10.1 Å². The van der Waals surface area contributed by atoms with Crippen LogP contribution in [0.1, 0.15) is 40.5 Å². The van der Waals surface area contributed by atoms with Crippen molar-refractivity contribution in [1.29, 1.82) is 0 Å². The molecule has 1 N–H and O–H groups in total. The summed E-state index contributed by atoms with van der Waals surface area (Å²) in [6.07, 6.45) is 0.968. The summed E-state index contributed by atoms with van der Waals surface area (Å²) >= 11 is 0. The molecule has 0 aliphatic carbocycles. The summed E-state index contributed by atoms with van der Waals surface area (Å²) in [5, 5.41) is 2.76. The molecule has 1 aliphatic rings. The third-order valence-corrected chi connectivity index (χ3v) is 4.05. The van der Waals surface area contributed by atoms with Gasteiger partial charge in [-0.05, 0) is 42.8 Å². The van der Waals surface area contributed by atoms with E-state index in [1.165, 1.54) is 0 Å². The summed E-state index contributed by atoms with van der Waals surface area (Å²) in [7, 11) is 0. The van der Waals surface area contributed by atoms with Gasteiger partial charge in [0.15, 0.2) is 0 Å². The maximum atomic E-state index is 12.3. The molecule has 6 nitrogen and oxygen atoms in total. The van der Waals surface area contributed by atoms with Crippen molar-refractivity contribution in [2.75, 3.05) is 18.5 Å². The van der Waals surface area contributed by atoms with Gasteiger partial charge in [0.25, 0.3) is 11.8 Å².